The average Bonchev–Trinajstić information content (AvgIpc) is 2.66. The van der Waals surface area contributed by atoms with E-state index in [1.165, 1.54) is 4.90 Å². The van der Waals surface area contributed by atoms with Crippen molar-refractivity contribution in [2.45, 2.75) is 32.7 Å². The molecule has 2 aromatic rings. The molecule has 0 saturated heterocycles. The van der Waals surface area contributed by atoms with Gasteiger partial charge < -0.3 is 10.3 Å². The van der Waals surface area contributed by atoms with Gasteiger partial charge in [-0.25, -0.2) is 9.78 Å². The first-order valence-electron chi connectivity index (χ1n) is 8.65. The number of carbonyl (C=O) groups is 1. The minimum absolute atomic E-state index is 0.0702. The second-order valence-electron chi connectivity index (χ2n) is 6.28. The molecule has 1 aliphatic rings. The van der Waals surface area contributed by atoms with Crippen molar-refractivity contribution in [3.8, 4) is 11.1 Å². The summed E-state index contributed by atoms with van der Waals surface area (Å²) in [5.74, 6) is 1.20. The molecule has 2 amide bonds. The lowest BCUT2D eigenvalue weighted by Crippen LogP contribution is -2.40. The third-order valence-corrected chi connectivity index (χ3v) is 5.60. The van der Waals surface area contributed by atoms with E-state index in [2.05, 4.69) is 14.7 Å². The summed E-state index contributed by atoms with van der Waals surface area (Å²) in [5, 5.41) is 0. The van der Waals surface area contributed by atoms with Gasteiger partial charge >= 0.3 is 6.03 Å². The van der Waals surface area contributed by atoms with Gasteiger partial charge in [0.1, 0.15) is 11.6 Å². The van der Waals surface area contributed by atoms with Crippen LogP contribution in [-0.4, -0.2) is 32.8 Å². The Hall–Kier alpha value is -2.16. The van der Waals surface area contributed by atoms with Crippen molar-refractivity contribution in [2.24, 2.45) is 5.73 Å². The van der Waals surface area contributed by atoms with Crippen molar-refractivity contribution < 1.29 is 9.35 Å². The molecule has 0 aliphatic carbocycles. The van der Waals surface area contributed by atoms with E-state index in [0.717, 1.165) is 35.1 Å². The summed E-state index contributed by atoms with van der Waals surface area (Å²) in [6, 6.07) is 3.52. The van der Waals surface area contributed by atoms with Gasteiger partial charge in [-0.2, -0.15) is 0 Å². The van der Waals surface area contributed by atoms with Crippen LogP contribution in [0.1, 0.15) is 37.4 Å². The Morgan fingerprint density at radius 2 is 2.15 bits per heavy atom. The first-order valence-corrected chi connectivity index (χ1v) is 9.97. The fraction of sp³-hybridized carbons (Fsp3) is 0.389. The van der Waals surface area contributed by atoms with E-state index < -0.39 is 17.4 Å². The van der Waals surface area contributed by atoms with Crippen molar-refractivity contribution >= 4 is 23.2 Å². The predicted molar refractivity (Wildman–Crippen MR) is 103 cm³/mol. The molecule has 2 atom stereocenters. The molecule has 1 aliphatic heterocycles. The number of nitrogens with one attached hydrogen (secondary N) is 1. The number of fused-ring (bicyclic) bond motifs is 1. The molecule has 138 valence electrons. The van der Waals surface area contributed by atoms with Crippen LogP contribution in [0.4, 0.5) is 10.6 Å². The van der Waals surface area contributed by atoms with Gasteiger partial charge in [-0.3, -0.25) is 9.88 Å². The van der Waals surface area contributed by atoms with Gasteiger partial charge in [0.2, 0.25) is 0 Å². The number of urea groups is 1. The lowest BCUT2D eigenvalue weighted by Gasteiger charge is -2.27. The Morgan fingerprint density at radius 3 is 2.88 bits per heavy atom. The molecule has 0 saturated carbocycles. The first-order chi connectivity index (χ1) is 12.5. The fourth-order valence-electron chi connectivity index (χ4n) is 3.04. The number of nitrogens with two attached hydrogens (primary N) is 1. The van der Waals surface area contributed by atoms with Crippen LogP contribution < -0.4 is 15.4 Å². The smallest absolute Gasteiger partial charge is 0.320 e. The van der Waals surface area contributed by atoms with Gasteiger partial charge in [-0.1, -0.05) is 0 Å². The lowest BCUT2D eigenvalue weighted by atomic mass is 10.00. The maximum absolute atomic E-state index is 11.7. The van der Waals surface area contributed by atoms with E-state index in [0.29, 0.717) is 18.1 Å². The molecular formula is C18H23N5O2S. The van der Waals surface area contributed by atoms with E-state index in [1.807, 2.05) is 26.0 Å². The van der Waals surface area contributed by atoms with E-state index >= 15 is 0 Å². The monoisotopic (exact) mass is 373 g/mol. The van der Waals surface area contributed by atoms with Crippen LogP contribution in [0.2, 0.25) is 0 Å². The first kappa shape index (κ1) is 18.6. The molecular weight excluding hydrogens is 350 g/mol. The summed E-state index contributed by atoms with van der Waals surface area (Å²) in [6.45, 7) is 4.44. The largest absolute Gasteiger partial charge is 0.598 e. The third kappa shape index (κ3) is 3.98. The minimum Gasteiger partial charge on any atom is -0.598 e. The molecule has 3 N–H and O–H groups in total. The number of aryl methyl sites for hydroxylation is 1. The number of pyridine rings is 2. The Labute approximate surface area is 156 Å². The maximum atomic E-state index is 11.7. The molecule has 8 heteroatoms. The van der Waals surface area contributed by atoms with Gasteiger partial charge in [0.25, 0.3) is 0 Å². The van der Waals surface area contributed by atoms with Crippen LogP contribution in [-0.2, 0) is 17.8 Å². The maximum Gasteiger partial charge on any atom is 0.320 e. The standard InChI is InChI=1S/C18H23N5O2S/c1-3-26(25)22-12(2)14-8-15(10-20-9-14)16-7-13-5-4-6-23(18(19)24)17(13)21-11-16/h7-12,22H,3-6H2,1-2H3,(H2,19,24)/t12-,26?/m1/s1. The van der Waals surface area contributed by atoms with Crippen molar-refractivity contribution in [1.82, 2.24) is 14.7 Å². The molecule has 0 aromatic carbocycles. The summed E-state index contributed by atoms with van der Waals surface area (Å²) in [5.41, 5.74) is 9.28. The van der Waals surface area contributed by atoms with Gasteiger partial charge in [0.15, 0.2) is 0 Å². The number of aromatic nitrogens is 2. The molecule has 3 rings (SSSR count). The number of amides is 2. The summed E-state index contributed by atoms with van der Waals surface area (Å²) in [7, 11) is 0. The van der Waals surface area contributed by atoms with Crippen molar-refractivity contribution in [2.75, 3.05) is 17.2 Å². The fourth-order valence-corrected chi connectivity index (χ4v) is 3.73. The molecule has 0 radical (unpaired) electrons. The highest BCUT2D eigenvalue weighted by Gasteiger charge is 2.22. The predicted octanol–water partition coefficient (Wildman–Crippen LogP) is 2.31. The Morgan fingerprint density at radius 1 is 1.38 bits per heavy atom. The van der Waals surface area contributed by atoms with E-state index in [4.69, 9.17) is 5.73 Å². The molecule has 0 bridgehead atoms. The Bertz CT molecular complexity index is 801. The van der Waals surface area contributed by atoms with Crippen molar-refractivity contribution in [3.05, 3.63) is 41.9 Å². The summed E-state index contributed by atoms with van der Waals surface area (Å²) >= 11 is -1.06. The SMILES string of the molecule is CC[S+]([O-])N[C@H](C)c1cncc(-c2cnc3c(c2)CCCN3C(N)=O)c1. The molecule has 0 fully saturated rings. The Balaban J connectivity index is 1.88. The number of primary amides is 1. The zero-order valence-electron chi connectivity index (χ0n) is 14.9. The molecule has 2 aromatic heterocycles. The highest BCUT2D eigenvalue weighted by molar-refractivity contribution is 7.89. The van der Waals surface area contributed by atoms with E-state index in [1.54, 1.807) is 18.6 Å². The molecule has 7 nitrogen and oxygen atoms in total. The molecule has 26 heavy (non-hydrogen) atoms. The zero-order chi connectivity index (χ0) is 18.7. The van der Waals surface area contributed by atoms with Crippen LogP contribution in [0, 0.1) is 0 Å². The van der Waals surface area contributed by atoms with Crippen molar-refractivity contribution in [3.63, 3.8) is 0 Å². The summed E-state index contributed by atoms with van der Waals surface area (Å²) < 4.78 is 14.8. The van der Waals surface area contributed by atoms with Crippen LogP contribution >= 0.6 is 0 Å². The average molecular weight is 373 g/mol. The molecule has 3 heterocycles. The van der Waals surface area contributed by atoms with Crippen LogP contribution in [0.25, 0.3) is 11.1 Å². The highest BCUT2D eigenvalue weighted by atomic mass is 32.2. The van der Waals surface area contributed by atoms with Gasteiger partial charge in [-0.15, -0.1) is 4.72 Å². The van der Waals surface area contributed by atoms with Crippen LogP contribution in [0.5, 0.6) is 0 Å². The number of hydrogen-bond donors (Lipinski definition) is 2. The number of carbonyl (C=O) groups excluding carboxylic acids is 1. The van der Waals surface area contributed by atoms with Crippen molar-refractivity contribution in [1.29, 1.82) is 0 Å². The minimum atomic E-state index is -1.06. The number of rotatable bonds is 5. The van der Waals surface area contributed by atoms with Crippen LogP contribution in [0.3, 0.4) is 0 Å². The number of hydrogen-bond acceptors (Lipinski definition) is 5. The van der Waals surface area contributed by atoms with Gasteiger partial charge in [0.05, 0.1) is 6.04 Å². The van der Waals surface area contributed by atoms with Gasteiger partial charge in [0, 0.05) is 47.6 Å². The summed E-state index contributed by atoms with van der Waals surface area (Å²) in [6.07, 6.45) is 7.02. The number of anilines is 1. The molecule has 0 spiro atoms. The highest BCUT2D eigenvalue weighted by Crippen LogP contribution is 2.30. The third-order valence-electron chi connectivity index (χ3n) is 4.46. The topological polar surface area (TPSA) is 107 Å². The second-order valence-corrected chi connectivity index (χ2v) is 7.78. The van der Waals surface area contributed by atoms with Crippen LogP contribution in [0.15, 0.2) is 30.7 Å². The molecule has 1 unspecified atom stereocenters. The number of nitrogens with zero attached hydrogens (tertiary/aromatic N) is 3. The second kappa shape index (κ2) is 8.03. The zero-order valence-corrected chi connectivity index (χ0v) is 15.8. The van der Waals surface area contributed by atoms with E-state index in [-0.39, 0.29) is 6.04 Å². The Kier molecular flexibility index (Phi) is 5.75. The quantitative estimate of drug-likeness (QED) is 0.782. The summed E-state index contributed by atoms with van der Waals surface area (Å²) in [4.78, 5) is 21.9. The normalized spacial score (nSPS) is 16.0. The van der Waals surface area contributed by atoms with E-state index in [9.17, 15) is 9.35 Å². The van der Waals surface area contributed by atoms with Gasteiger partial charge in [-0.05, 0) is 49.9 Å². The lowest BCUT2D eigenvalue weighted by molar-refractivity contribution is 0.253.